The Morgan fingerprint density at radius 1 is 1.47 bits per heavy atom. The summed E-state index contributed by atoms with van der Waals surface area (Å²) in [7, 11) is 4.04. The van der Waals surface area contributed by atoms with Gasteiger partial charge in [-0.05, 0) is 31.6 Å². The minimum Gasteiger partial charge on any atom is -0.351 e. The molecule has 0 spiro atoms. The molecule has 0 bridgehead atoms. The van der Waals surface area contributed by atoms with E-state index in [1.807, 2.05) is 14.1 Å². The highest BCUT2D eigenvalue weighted by molar-refractivity contribution is 5.94. The van der Waals surface area contributed by atoms with Crippen LogP contribution in [0.4, 0.5) is 5.82 Å². The lowest BCUT2D eigenvalue weighted by Gasteiger charge is -2.28. The molecule has 4 N–H and O–H groups in total. The number of carbonyl (C=O) groups is 1. The zero-order valence-corrected chi connectivity index (χ0v) is 12.0. The Morgan fingerprint density at radius 3 is 2.74 bits per heavy atom. The van der Waals surface area contributed by atoms with Gasteiger partial charge in [-0.2, -0.15) is 0 Å². The number of aromatic nitrogens is 1. The Labute approximate surface area is 114 Å². The first-order valence-electron chi connectivity index (χ1n) is 6.20. The Hall–Kier alpha value is -1.66. The van der Waals surface area contributed by atoms with Crippen molar-refractivity contribution < 1.29 is 4.79 Å². The van der Waals surface area contributed by atoms with Crippen molar-refractivity contribution in [1.29, 1.82) is 0 Å². The van der Waals surface area contributed by atoms with Gasteiger partial charge in [0.25, 0.3) is 5.91 Å². The smallest absolute Gasteiger partial charge is 0.251 e. The van der Waals surface area contributed by atoms with Crippen LogP contribution >= 0.6 is 0 Å². The van der Waals surface area contributed by atoms with E-state index >= 15 is 0 Å². The van der Waals surface area contributed by atoms with E-state index in [1.54, 1.807) is 18.3 Å². The molecule has 106 valence electrons. The first-order chi connectivity index (χ1) is 8.84. The van der Waals surface area contributed by atoms with Crippen LogP contribution in [0.2, 0.25) is 0 Å². The van der Waals surface area contributed by atoms with E-state index in [0.717, 1.165) is 6.54 Å². The summed E-state index contributed by atoms with van der Waals surface area (Å²) < 4.78 is 0. The fraction of sp³-hybridized carbons (Fsp3) is 0.538. The number of rotatable bonds is 6. The molecule has 0 fully saturated rings. The number of nitrogens with one attached hydrogen (secondary N) is 2. The molecule has 6 heteroatoms. The van der Waals surface area contributed by atoms with E-state index in [2.05, 4.69) is 34.5 Å². The SMILES string of the molecule is CN(C)CC(C)(C)CNC(=O)c1ccnc(NN)c1. The lowest BCUT2D eigenvalue weighted by Crippen LogP contribution is -2.40. The minimum absolute atomic E-state index is 0.0150. The predicted molar refractivity (Wildman–Crippen MR) is 76.7 cm³/mol. The van der Waals surface area contributed by atoms with Crippen LogP contribution in [0.3, 0.4) is 0 Å². The summed E-state index contributed by atoms with van der Waals surface area (Å²) in [6.45, 7) is 5.75. The topological polar surface area (TPSA) is 83.3 Å². The average molecular weight is 265 g/mol. The lowest BCUT2D eigenvalue weighted by molar-refractivity contribution is 0.0929. The summed E-state index contributed by atoms with van der Waals surface area (Å²) in [4.78, 5) is 18.1. The maximum atomic E-state index is 12.0. The lowest BCUT2D eigenvalue weighted by atomic mass is 9.93. The third kappa shape index (κ3) is 5.23. The first-order valence-corrected chi connectivity index (χ1v) is 6.20. The highest BCUT2D eigenvalue weighted by Gasteiger charge is 2.20. The third-order valence-corrected chi connectivity index (χ3v) is 2.64. The summed E-state index contributed by atoms with van der Waals surface area (Å²) in [5.41, 5.74) is 2.98. The molecule has 0 unspecified atom stereocenters. The zero-order valence-electron chi connectivity index (χ0n) is 12.0. The van der Waals surface area contributed by atoms with Gasteiger partial charge in [0.2, 0.25) is 0 Å². The van der Waals surface area contributed by atoms with Crippen LogP contribution in [0, 0.1) is 5.41 Å². The molecule has 1 rings (SSSR count). The monoisotopic (exact) mass is 265 g/mol. The quantitative estimate of drug-likeness (QED) is 0.520. The van der Waals surface area contributed by atoms with Crippen LogP contribution in [0.1, 0.15) is 24.2 Å². The van der Waals surface area contributed by atoms with Gasteiger partial charge in [0.15, 0.2) is 0 Å². The van der Waals surface area contributed by atoms with E-state index in [9.17, 15) is 4.79 Å². The van der Waals surface area contributed by atoms with Crippen LogP contribution in [0.15, 0.2) is 18.3 Å². The van der Waals surface area contributed by atoms with Crippen LogP contribution in [-0.2, 0) is 0 Å². The highest BCUT2D eigenvalue weighted by atomic mass is 16.1. The van der Waals surface area contributed by atoms with Crippen LogP contribution < -0.4 is 16.6 Å². The molecule has 1 heterocycles. The molecule has 1 aromatic rings. The Kier molecular flexibility index (Phi) is 5.26. The van der Waals surface area contributed by atoms with Gasteiger partial charge < -0.3 is 15.6 Å². The van der Waals surface area contributed by atoms with E-state index in [1.165, 1.54) is 0 Å². The molecule has 0 radical (unpaired) electrons. The molecule has 1 aromatic heterocycles. The molecule has 19 heavy (non-hydrogen) atoms. The van der Waals surface area contributed by atoms with Crippen molar-refractivity contribution in [1.82, 2.24) is 15.2 Å². The molecule has 0 saturated heterocycles. The maximum absolute atomic E-state index is 12.0. The fourth-order valence-corrected chi connectivity index (χ4v) is 1.98. The molecule has 0 aliphatic rings. The first kappa shape index (κ1) is 15.4. The Balaban J connectivity index is 2.60. The largest absolute Gasteiger partial charge is 0.351 e. The van der Waals surface area contributed by atoms with Crippen molar-refractivity contribution in [3.8, 4) is 0 Å². The number of hydrogen-bond acceptors (Lipinski definition) is 5. The third-order valence-electron chi connectivity index (χ3n) is 2.64. The number of hydrogen-bond donors (Lipinski definition) is 3. The molecule has 0 aromatic carbocycles. The minimum atomic E-state index is -0.120. The second-order valence-corrected chi connectivity index (χ2v) is 5.66. The van der Waals surface area contributed by atoms with Crippen LogP contribution in [-0.4, -0.2) is 43.0 Å². The van der Waals surface area contributed by atoms with Gasteiger partial charge in [-0.25, -0.2) is 10.8 Å². The molecular weight excluding hydrogens is 242 g/mol. The molecule has 6 nitrogen and oxygen atoms in total. The van der Waals surface area contributed by atoms with Crippen LogP contribution in [0.5, 0.6) is 0 Å². The predicted octanol–water partition coefficient (Wildman–Crippen LogP) is 0.685. The second-order valence-electron chi connectivity index (χ2n) is 5.66. The fourth-order valence-electron chi connectivity index (χ4n) is 1.98. The summed E-state index contributed by atoms with van der Waals surface area (Å²) in [6, 6.07) is 3.28. The van der Waals surface area contributed by atoms with Crippen molar-refractivity contribution in [2.24, 2.45) is 11.3 Å². The summed E-state index contributed by atoms with van der Waals surface area (Å²) in [5, 5.41) is 2.93. The highest BCUT2D eigenvalue weighted by Crippen LogP contribution is 2.14. The van der Waals surface area contributed by atoms with Gasteiger partial charge in [0.05, 0.1) is 0 Å². The summed E-state index contributed by atoms with van der Waals surface area (Å²) in [6.07, 6.45) is 1.55. The standard InChI is InChI=1S/C13H23N5O/c1-13(2,9-18(3)4)8-16-12(19)10-5-6-15-11(7-10)17-14/h5-7H,8-9,14H2,1-4H3,(H,15,17)(H,16,19). The van der Waals surface area contributed by atoms with Gasteiger partial charge in [0, 0.05) is 24.8 Å². The van der Waals surface area contributed by atoms with Crippen LogP contribution in [0.25, 0.3) is 0 Å². The van der Waals surface area contributed by atoms with Gasteiger partial charge in [-0.15, -0.1) is 0 Å². The number of anilines is 1. The van der Waals surface area contributed by atoms with Gasteiger partial charge >= 0.3 is 0 Å². The van der Waals surface area contributed by atoms with Gasteiger partial charge in [0.1, 0.15) is 5.82 Å². The zero-order chi connectivity index (χ0) is 14.5. The second kappa shape index (κ2) is 6.49. The average Bonchev–Trinajstić information content (AvgIpc) is 2.34. The Morgan fingerprint density at radius 2 is 2.16 bits per heavy atom. The number of pyridine rings is 1. The number of amides is 1. The van der Waals surface area contributed by atoms with Crippen molar-refractivity contribution in [2.45, 2.75) is 13.8 Å². The summed E-state index contributed by atoms with van der Waals surface area (Å²) >= 11 is 0. The number of carbonyl (C=O) groups excluding carboxylic acids is 1. The normalized spacial score (nSPS) is 11.5. The van der Waals surface area contributed by atoms with E-state index in [-0.39, 0.29) is 11.3 Å². The van der Waals surface area contributed by atoms with Crippen molar-refractivity contribution >= 4 is 11.7 Å². The number of nitrogen functional groups attached to an aromatic ring is 1. The van der Waals surface area contributed by atoms with Gasteiger partial charge in [-0.3, -0.25) is 4.79 Å². The molecule has 0 atom stereocenters. The molecule has 0 aliphatic carbocycles. The van der Waals surface area contributed by atoms with Gasteiger partial charge in [-0.1, -0.05) is 13.8 Å². The summed E-state index contributed by atoms with van der Waals surface area (Å²) in [5.74, 6) is 5.62. The van der Waals surface area contributed by atoms with E-state index in [0.29, 0.717) is 17.9 Å². The molecule has 1 amide bonds. The maximum Gasteiger partial charge on any atom is 0.251 e. The number of hydrazine groups is 1. The molecule has 0 saturated carbocycles. The van der Waals surface area contributed by atoms with Crippen molar-refractivity contribution in [3.05, 3.63) is 23.9 Å². The van der Waals surface area contributed by atoms with E-state index in [4.69, 9.17) is 5.84 Å². The van der Waals surface area contributed by atoms with Crippen molar-refractivity contribution in [3.63, 3.8) is 0 Å². The molecule has 0 aliphatic heterocycles. The number of nitrogens with two attached hydrogens (primary N) is 1. The Bertz CT molecular complexity index is 431. The number of nitrogens with zero attached hydrogens (tertiary/aromatic N) is 2. The van der Waals surface area contributed by atoms with E-state index < -0.39 is 0 Å². The van der Waals surface area contributed by atoms with Crippen molar-refractivity contribution in [2.75, 3.05) is 32.6 Å². The molecular formula is C13H23N5O.